The molecule has 0 aliphatic rings. The molecule has 2 aromatic rings. The SMILES string of the molecule is CCn1nc(C)c(CNC(=O)C(=O)Nc2cc(Cl)ccc2O)c1C. The molecule has 0 fully saturated rings. The Kier molecular flexibility index (Phi) is 5.46. The van der Waals surface area contributed by atoms with Crippen molar-refractivity contribution in [2.24, 2.45) is 0 Å². The molecule has 0 aliphatic heterocycles. The fraction of sp³-hybridized carbons (Fsp3) is 0.312. The Labute approximate surface area is 144 Å². The molecule has 7 nitrogen and oxygen atoms in total. The van der Waals surface area contributed by atoms with E-state index in [-0.39, 0.29) is 18.0 Å². The van der Waals surface area contributed by atoms with Crippen LogP contribution in [0.3, 0.4) is 0 Å². The highest BCUT2D eigenvalue weighted by molar-refractivity contribution is 6.40. The van der Waals surface area contributed by atoms with Crippen LogP contribution in [0, 0.1) is 13.8 Å². The summed E-state index contributed by atoms with van der Waals surface area (Å²) in [6.07, 6.45) is 0. The minimum Gasteiger partial charge on any atom is -0.506 e. The average Bonchev–Trinajstić information content (AvgIpc) is 2.82. The summed E-state index contributed by atoms with van der Waals surface area (Å²) in [5.41, 5.74) is 2.71. The summed E-state index contributed by atoms with van der Waals surface area (Å²) in [5.74, 6) is -1.86. The fourth-order valence-electron chi connectivity index (χ4n) is 2.33. The number of amides is 2. The van der Waals surface area contributed by atoms with Crippen LogP contribution in [0.2, 0.25) is 5.02 Å². The number of carbonyl (C=O) groups excluding carboxylic acids is 2. The standard InChI is InChI=1S/C16H19ClN4O3/c1-4-21-10(3)12(9(2)20-21)8-18-15(23)16(24)19-13-7-11(17)5-6-14(13)22/h5-7,22H,4,8H2,1-3H3,(H,18,23)(H,19,24). The van der Waals surface area contributed by atoms with E-state index >= 15 is 0 Å². The Morgan fingerprint density at radius 2 is 2.00 bits per heavy atom. The first-order valence-electron chi connectivity index (χ1n) is 7.44. The number of hydrogen-bond acceptors (Lipinski definition) is 4. The molecule has 0 saturated heterocycles. The highest BCUT2D eigenvalue weighted by atomic mass is 35.5. The average molecular weight is 351 g/mol. The van der Waals surface area contributed by atoms with Gasteiger partial charge in [-0.3, -0.25) is 14.3 Å². The number of rotatable bonds is 4. The molecule has 3 N–H and O–H groups in total. The molecule has 1 aromatic carbocycles. The number of phenols is 1. The van der Waals surface area contributed by atoms with Crippen molar-refractivity contribution < 1.29 is 14.7 Å². The van der Waals surface area contributed by atoms with E-state index in [1.807, 2.05) is 25.5 Å². The van der Waals surface area contributed by atoms with Gasteiger partial charge >= 0.3 is 11.8 Å². The summed E-state index contributed by atoms with van der Waals surface area (Å²) >= 11 is 5.80. The third kappa shape index (κ3) is 3.86. The maximum atomic E-state index is 12.0. The van der Waals surface area contributed by atoms with Crippen LogP contribution < -0.4 is 10.6 Å². The summed E-state index contributed by atoms with van der Waals surface area (Å²) < 4.78 is 1.83. The molecule has 128 valence electrons. The molecule has 1 heterocycles. The van der Waals surface area contributed by atoms with Crippen LogP contribution >= 0.6 is 11.6 Å². The summed E-state index contributed by atoms with van der Waals surface area (Å²) in [6, 6.07) is 4.17. The topological polar surface area (TPSA) is 96.2 Å². The van der Waals surface area contributed by atoms with Gasteiger partial charge in [-0.1, -0.05) is 11.6 Å². The Bertz CT molecular complexity index is 786. The zero-order chi connectivity index (χ0) is 17.9. The number of carbonyl (C=O) groups is 2. The highest BCUT2D eigenvalue weighted by Crippen LogP contribution is 2.26. The monoisotopic (exact) mass is 350 g/mol. The second-order valence-electron chi connectivity index (χ2n) is 5.26. The van der Waals surface area contributed by atoms with Gasteiger partial charge in [-0.15, -0.1) is 0 Å². The molecule has 0 spiro atoms. The van der Waals surface area contributed by atoms with Gasteiger partial charge in [0.2, 0.25) is 0 Å². The van der Waals surface area contributed by atoms with Crippen LogP contribution in [0.4, 0.5) is 5.69 Å². The van der Waals surface area contributed by atoms with Crippen LogP contribution in [0.5, 0.6) is 5.75 Å². The van der Waals surface area contributed by atoms with E-state index in [9.17, 15) is 14.7 Å². The van der Waals surface area contributed by atoms with E-state index in [1.54, 1.807) is 0 Å². The van der Waals surface area contributed by atoms with Crippen molar-refractivity contribution in [2.45, 2.75) is 33.9 Å². The largest absolute Gasteiger partial charge is 0.506 e. The predicted octanol–water partition coefficient (Wildman–Crippen LogP) is 2.13. The normalized spacial score (nSPS) is 10.5. The van der Waals surface area contributed by atoms with Crippen molar-refractivity contribution in [3.8, 4) is 5.75 Å². The first-order chi connectivity index (χ1) is 11.3. The second-order valence-corrected chi connectivity index (χ2v) is 5.70. The van der Waals surface area contributed by atoms with E-state index in [0.29, 0.717) is 5.02 Å². The molecule has 1 aromatic heterocycles. The van der Waals surface area contributed by atoms with Crippen molar-refractivity contribution in [3.05, 3.63) is 40.2 Å². The second kappa shape index (κ2) is 7.35. The number of halogens is 1. The Hall–Kier alpha value is -2.54. The van der Waals surface area contributed by atoms with Crippen molar-refractivity contribution in [2.75, 3.05) is 5.32 Å². The number of anilines is 1. The Morgan fingerprint density at radius 1 is 1.29 bits per heavy atom. The molecule has 0 unspecified atom stereocenters. The molecule has 2 rings (SSSR count). The zero-order valence-electron chi connectivity index (χ0n) is 13.7. The first-order valence-corrected chi connectivity index (χ1v) is 7.81. The molecule has 8 heteroatoms. The predicted molar refractivity (Wildman–Crippen MR) is 91.0 cm³/mol. The van der Waals surface area contributed by atoms with Crippen molar-refractivity contribution >= 4 is 29.1 Å². The number of aromatic hydroxyl groups is 1. The van der Waals surface area contributed by atoms with E-state index in [2.05, 4.69) is 15.7 Å². The van der Waals surface area contributed by atoms with Crippen LogP contribution in [-0.2, 0) is 22.7 Å². The summed E-state index contributed by atoms with van der Waals surface area (Å²) in [7, 11) is 0. The minimum absolute atomic E-state index is 0.0776. The van der Waals surface area contributed by atoms with Gasteiger partial charge in [0.05, 0.1) is 11.4 Å². The summed E-state index contributed by atoms with van der Waals surface area (Å²) in [6.45, 7) is 6.67. The number of nitrogens with one attached hydrogen (secondary N) is 2. The van der Waals surface area contributed by atoms with Gasteiger partial charge in [-0.2, -0.15) is 5.10 Å². The van der Waals surface area contributed by atoms with Crippen LogP contribution in [-0.4, -0.2) is 26.7 Å². The Morgan fingerprint density at radius 3 is 2.62 bits per heavy atom. The van der Waals surface area contributed by atoms with Crippen LogP contribution in [0.1, 0.15) is 23.9 Å². The first kappa shape index (κ1) is 17.8. The lowest BCUT2D eigenvalue weighted by Crippen LogP contribution is -2.35. The lowest BCUT2D eigenvalue weighted by atomic mass is 10.2. The van der Waals surface area contributed by atoms with Crippen molar-refractivity contribution in [1.29, 1.82) is 0 Å². The van der Waals surface area contributed by atoms with Gasteiger partial charge in [-0.05, 0) is 39.0 Å². The van der Waals surface area contributed by atoms with Gasteiger partial charge < -0.3 is 15.7 Å². The van der Waals surface area contributed by atoms with Gasteiger partial charge in [0.1, 0.15) is 5.75 Å². The van der Waals surface area contributed by atoms with Gasteiger partial charge in [0.25, 0.3) is 0 Å². The number of nitrogens with zero attached hydrogens (tertiary/aromatic N) is 2. The smallest absolute Gasteiger partial charge is 0.313 e. The molecule has 0 saturated carbocycles. The molecular formula is C16H19ClN4O3. The molecule has 0 atom stereocenters. The van der Waals surface area contributed by atoms with Crippen LogP contribution in [0.15, 0.2) is 18.2 Å². The maximum absolute atomic E-state index is 12.0. The summed E-state index contributed by atoms with van der Waals surface area (Å²) in [5, 5.41) is 19.2. The highest BCUT2D eigenvalue weighted by Gasteiger charge is 2.17. The van der Waals surface area contributed by atoms with Gasteiger partial charge in [0.15, 0.2) is 0 Å². The van der Waals surface area contributed by atoms with Gasteiger partial charge in [0, 0.05) is 29.4 Å². The molecule has 0 aliphatic carbocycles. The van der Waals surface area contributed by atoms with Gasteiger partial charge in [-0.25, -0.2) is 0 Å². The molecular weight excluding hydrogens is 332 g/mol. The van der Waals surface area contributed by atoms with E-state index in [0.717, 1.165) is 23.5 Å². The molecule has 0 radical (unpaired) electrons. The van der Waals surface area contributed by atoms with E-state index < -0.39 is 11.8 Å². The minimum atomic E-state index is -0.884. The van der Waals surface area contributed by atoms with E-state index in [4.69, 9.17) is 11.6 Å². The molecule has 24 heavy (non-hydrogen) atoms. The maximum Gasteiger partial charge on any atom is 0.313 e. The number of aryl methyl sites for hydroxylation is 2. The third-order valence-corrected chi connectivity index (χ3v) is 3.90. The number of benzene rings is 1. The Balaban J connectivity index is 2.01. The molecule has 2 amide bonds. The number of aromatic nitrogens is 2. The number of phenolic OH excluding ortho intramolecular Hbond substituents is 1. The fourth-order valence-corrected chi connectivity index (χ4v) is 2.51. The van der Waals surface area contributed by atoms with Crippen LogP contribution in [0.25, 0.3) is 0 Å². The lowest BCUT2D eigenvalue weighted by molar-refractivity contribution is -0.136. The third-order valence-electron chi connectivity index (χ3n) is 3.67. The van der Waals surface area contributed by atoms with Crippen molar-refractivity contribution in [1.82, 2.24) is 15.1 Å². The molecule has 0 bridgehead atoms. The number of hydrogen-bond donors (Lipinski definition) is 3. The zero-order valence-corrected chi connectivity index (χ0v) is 14.4. The van der Waals surface area contributed by atoms with Crippen molar-refractivity contribution in [3.63, 3.8) is 0 Å². The van der Waals surface area contributed by atoms with E-state index in [1.165, 1.54) is 18.2 Å². The quantitative estimate of drug-likeness (QED) is 0.581. The lowest BCUT2D eigenvalue weighted by Gasteiger charge is -2.09. The summed E-state index contributed by atoms with van der Waals surface area (Å²) in [4.78, 5) is 23.9.